The second kappa shape index (κ2) is 4.37. The maximum Gasteiger partial charge on any atom is 0.110 e. The quantitative estimate of drug-likeness (QED) is 0.661. The van der Waals surface area contributed by atoms with Gasteiger partial charge in [0.2, 0.25) is 0 Å². The first-order chi connectivity index (χ1) is 5.83. The van der Waals surface area contributed by atoms with Gasteiger partial charge in [-0.1, -0.05) is 18.2 Å². The number of hydrogen-bond acceptors (Lipinski definition) is 3. The number of hydrogen-bond donors (Lipinski definition) is 2. The Morgan fingerprint density at radius 1 is 1.33 bits per heavy atom. The number of benzene rings is 1. The lowest BCUT2D eigenvalue weighted by Gasteiger charge is -2.08. The van der Waals surface area contributed by atoms with E-state index in [1.165, 1.54) is 0 Å². The summed E-state index contributed by atoms with van der Waals surface area (Å²) in [5, 5.41) is 8.46. The van der Waals surface area contributed by atoms with Crippen LogP contribution < -0.4 is 10.9 Å². The molecule has 0 fully saturated rings. The summed E-state index contributed by atoms with van der Waals surface area (Å²) in [6.45, 7) is 1.79. The van der Waals surface area contributed by atoms with E-state index in [4.69, 9.17) is 5.26 Å². The van der Waals surface area contributed by atoms with E-state index in [1.807, 2.05) is 30.3 Å². The Kier molecular flexibility index (Phi) is 3.12. The maximum absolute atomic E-state index is 8.46. The van der Waals surface area contributed by atoms with Gasteiger partial charge in [-0.2, -0.15) is 5.26 Å². The lowest BCUT2D eigenvalue weighted by atomic mass is 10.3. The number of anilines is 1. The van der Waals surface area contributed by atoms with Crippen molar-refractivity contribution >= 4 is 5.69 Å². The van der Waals surface area contributed by atoms with Gasteiger partial charge in [-0.15, -0.1) is 0 Å². The number of nitriles is 1. The molecule has 1 atom stereocenters. The fourth-order valence-corrected chi connectivity index (χ4v) is 0.745. The highest BCUT2D eigenvalue weighted by molar-refractivity contribution is 5.41. The molecule has 0 spiro atoms. The average molecular weight is 161 g/mol. The number of nitrogens with one attached hydrogen (secondary N) is 2. The first-order valence-corrected chi connectivity index (χ1v) is 3.79. The smallest absolute Gasteiger partial charge is 0.110 e. The zero-order valence-corrected chi connectivity index (χ0v) is 6.91. The average Bonchev–Trinajstić information content (AvgIpc) is 2.16. The first-order valence-electron chi connectivity index (χ1n) is 3.79. The predicted octanol–water partition coefficient (Wildman–Crippen LogP) is 1.52. The van der Waals surface area contributed by atoms with Crippen molar-refractivity contribution in [2.45, 2.75) is 13.0 Å². The summed E-state index contributed by atoms with van der Waals surface area (Å²) in [5.41, 5.74) is 6.72. The number of rotatable bonds is 3. The van der Waals surface area contributed by atoms with Gasteiger partial charge in [0.1, 0.15) is 6.04 Å². The van der Waals surface area contributed by atoms with Crippen LogP contribution >= 0.6 is 0 Å². The number of hydrazine groups is 1. The molecule has 62 valence electrons. The standard InChI is InChI=1S/C9H11N3/c1-8(7-10)11-12-9-5-3-2-4-6-9/h2-6,8,11-12H,1H3. The molecule has 1 rings (SSSR count). The van der Waals surface area contributed by atoms with E-state index in [1.54, 1.807) is 6.92 Å². The molecular formula is C9H11N3. The summed E-state index contributed by atoms with van der Waals surface area (Å²) >= 11 is 0. The van der Waals surface area contributed by atoms with E-state index >= 15 is 0 Å². The van der Waals surface area contributed by atoms with Crippen LogP contribution in [0.15, 0.2) is 30.3 Å². The van der Waals surface area contributed by atoms with Crippen LogP contribution in [0.5, 0.6) is 0 Å². The van der Waals surface area contributed by atoms with Gasteiger partial charge in [-0.3, -0.25) is 0 Å². The Balaban J connectivity index is 2.40. The molecule has 0 heterocycles. The summed E-state index contributed by atoms with van der Waals surface area (Å²) in [7, 11) is 0. The van der Waals surface area contributed by atoms with Crippen LogP contribution in [0.4, 0.5) is 5.69 Å². The molecule has 0 aliphatic carbocycles. The van der Waals surface area contributed by atoms with Crippen molar-refractivity contribution in [2.24, 2.45) is 0 Å². The molecule has 0 aromatic heterocycles. The van der Waals surface area contributed by atoms with E-state index < -0.39 is 0 Å². The molecule has 0 aliphatic heterocycles. The van der Waals surface area contributed by atoms with E-state index in [0.717, 1.165) is 5.69 Å². The predicted molar refractivity (Wildman–Crippen MR) is 48.3 cm³/mol. The maximum atomic E-state index is 8.46. The second-order valence-electron chi connectivity index (χ2n) is 2.49. The van der Waals surface area contributed by atoms with Gasteiger partial charge in [-0.05, 0) is 19.1 Å². The highest BCUT2D eigenvalue weighted by atomic mass is 15.4. The Morgan fingerprint density at radius 3 is 2.58 bits per heavy atom. The van der Waals surface area contributed by atoms with Gasteiger partial charge in [0.05, 0.1) is 6.07 Å². The number of nitrogens with zero attached hydrogens (tertiary/aromatic N) is 1. The van der Waals surface area contributed by atoms with Crippen molar-refractivity contribution in [1.82, 2.24) is 5.43 Å². The van der Waals surface area contributed by atoms with Gasteiger partial charge in [0.25, 0.3) is 0 Å². The van der Waals surface area contributed by atoms with Crippen LogP contribution in [0.2, 0.25) is 0 Å². The van der Waals surface area contributed by atoms with Gasteiger partial charge in [0, 0.05) is 5.69 Å². The SMILES string of the molecule is CC(C#N)NNc1ccccc1. The van der Waals surface area contributed by atoms with Gasteiger partial charge < -0.3 is 5.43 Å². The minimum absolute atomic E-state index is 0.190. The van der Waals surface area contributed by atoms with Crippen LogP contribution in [0.3, 0.4) is 0 Å². The van der Waals surface area contributed by atoms with Crippen LogP contribution in [0.1, 0.15) is 6.92 Å². The zero-order valence-electron chi connectivity index (χ0n) is 6.91. The molecule has 3 nitrogen and oxygen atoms in total. The lowest BCUT2D eigenvalue weighted by Crippen LogP contribution is -2.30. The summed E-state index contributed by atoms with van der Waals surface area (Å²) in [6, 6.07) is 11.5. The van der Waals surface area contributed by atoms with Crippen molar-refractivity contribution in [3.63, 3.8) is 0 Å². The van der Waals surface area contributed by atoms with Crippen LogP contribution in [0.25, 0.3) is 0 Å². The molecule has 12 heavy (non-hydrogen) atoms. The number of para-hydroxylation sites is 1. The molecule has 0 amide bonds. The Hall–Kier alpha value is -1.53. The van der Waals surface area contributed by atoms with E-state index in [2.05, 4.69) is 16.9 Å². The molecule has 1 aromatic carbocycles. The van der Waals surface area contributed by atoms with Crippen molar-refractivity contribution < 1.29 is 0 Å². The molecule has 0 saturated heterocycles. The van der Waals surface area contributed by atoms with E-state index in [9.17, 15) is 0 Å². The molecule has 1 unspecified atom stereocenters. The third-order valence-corrected chi connectivity index (χ3v) is 1.40. The lowest BCUT2D eigenvalue weighted by molar-refractivity contribution is 0.729. The minimum atomic E-state index is -0.190. The van der Waals surface area contributed by atoms with Crippen LogP contribution in [0, 0.1) is 11.3 Å². The molecule has 0 aliphatic rings. The fourth-order valence-electron chi connectivity index (χ4n) is 0.745. The highest BCUT2D eigenvalue weighted by Crippen LogP contribution is 2.02. The Morgan fingerprint density at radius 2 is 2.00 bits per heavy atom. The molecule has 2 N–H and O–H groups in total. The molecule has 0 saturated carbocycles. The fraction of sp³-hybridized carbons (Fsp3) is 0.222. The minimum Gasteiger partial charge on any atom is -0.320 e. The summed E-state index contributed by atoms with van der Waals surface area (Å²) in [4.78, 5) is 0. The Labute approximate surface area is 72.0 Å². The topological polar surface area (TPSA) is 47.9 Å². The van der Waals surface area contributed by atoms with Crippen molar-refractivity contribution in [3.8, 4) is 6.07 Å². The van der Waals surface area contributed by atoms with Gasteiger partial charge >= 0.3 is 0 Å². The van der Waals surface area contributed by atoms with Gasteiger partial charge in [0.15, 0.2) is 0 Å². The molecule has 0 bridgehead atoms. The van der Waals surface area contributed by atoms with Crippen molar-refractivity contribution in [2.75, 3.05) is 5.43 Å². The molecular weight excluding hydrogens is 150 g/mol. The largest absolute Gasteiger partial charge is 0.320 e. The molecule has 0 radical (unpaired) electrons. The third kappa shape index (κ3) is 2.60. The summed E-state index contributed by atoms with van der Waals surface area (Å²) < 4.78 is 0. The second-order valence-corrected chi connectivity index (χ2v) is 2.49. The van der Waals surface area contributed by atoms with Crippen LogP contribution in [-0.4, -0.2) is 6.04 Å². The van der Waals surface area contributed by atoms with Crippen LogP contribution in [-0.2, 0) is 0 Å². The zero-order chi connectivity index (χ0) is 8.81. The third-order valence-electron chi connectivity index (χ3n) is 1.40. The van der Waals surface area contributed by atoms with Crippen molar-refractivity contribution in [3.05, 3.63) is 30.3 Å². The Bertz CT molecular complexity index is 263. The summed E-state index contributed by atoms with van der Waals surface area (Å²) in [5.74, 6) is 0. The highest BCUT2D eigenvalue weighted by Gasteiger charge is 1.95. The normalized spacial score (nSPS) is 11.7. The van der Waals surface area contributed by atoms with Gasteiger partial charge in [-0.25, -0.2) is 5.43 Å². The van der Waals surface area contributed by atoms with E-state index in [-0.39, 0.29) is 6.04 Å². The molecule has 3 heteroatoms. The first kappa shape index (κ1) is 8.57. The summed E-state index contributed by atoms with van der Waals surface area (Å²) in [6.07, 6.45) is 0. The van der Waals surface area contributed by atoms with Crippen molar-refractivity contribution in [1.29, 1.82) is 5.26 Å². The van der Waals surface area contributed by atoms with E-state index in [0.29, 0.717) is 0 Å². The molecule has 1 aromatic rings. The monoisotopic (exact) mass is 161 g/mol.